The van der Waals surface area contributed by atoms with Crippen LogP contribution in [0.5, 0.6) is 0 Å². The molecule has 1 unspecified atom stereocenters. The van der Waals surface area contributed by atoms with Gasteiger partial charge in [0.15, 0.2) is 6.10 Å². The molecule has 0 saturated heterocycles. The van der Waals surface area contributed by atoms with Crippen molar-refractivity contribution in [2.45, 2.75) is 348 Å². The Labute approximate surface area is 430 Å². The summed E-state index contributed by atoms with van der Waals surface area (Å²) in [4.78, 5) is 38.2. The fraction of sp³-hybridized carbons (Fsp3) is 0.889. The zero-order valence-electron chi connectivity index (χ0n) is 46.6. The van der Waals surface area contributed by atoms with Crippen LogP contribution >= 0.6 is 0 Å². The van der Waals surface area contributed by atoms with Crippen molar-refractivity contribution in [2.24, 2.45) is 0 Å². The molecule has 0 aliphatic rings. The molecule has 6 nitrogen and oxygen atoms in total. The number of ether oxygens (including phenoxy) is 3. The lowest BCUT2D eigenvalue weighted by atomic mass is 10.0. The van der Waals surface area contributed by atoms with E-state index in [4.69, 9.17) is 14.2 Å². The summed E-state index contributed by atoms with van der Waals surface area (Å²) in [6.07, 6.45) is 69.0. The van der Waals surface area contributed by atoms with Gasteiger partial charge in [-0.05, 0) is 51.4 Å². The number of hydrogen-bond donors (Lipinski definition) is 0. The lowest BCUT2D eigenvalue weighted by Crippen LogP contribution is -2.30. The minimum absolute atomic E-state index is 0.0713. The lowest BCUT2D eigenvalue weighted by molar-refractivity contribution is -0.167. The van der Waals surface area contributed by atoms with Crippen LogP contribution in [-0.2, 0) is 28.6 Å². The Morgan fingerprint density at radius 2 is 0.522 bits per heavy atom. The van der Waals surface area contributed by atoms with E-state index in [1.165, 1.54) is 225 Å². The Bertz CT molecular complexity index is 1110. The van der Waals surface area contributed by atoms with Crippen molar-refractivity contribution in [3.05, 3.63) is 24.3 Å². The molecule has 0 aliphatic carbocycles. The van der Waals surface area contributed by atoms with Gasteiger partial charge in [0, 0.05) is 19.3 Å². The van der Waals surface area contributed by atoms with Crippen molar-refractivity contribution in [1.82, 2.24) is 0 Å². The van der Waals surface area contributed by atoms with E-state index in [2.05, 4.69) is 45.1 Å². The number of carbonyl (C=O) groups is 3. The fourth-order valence-electron chi connectivity index (χ4n) is 9.30. The third kappa shape index (κ3) is 56.7. The van der Waals surface area contributed by atoms with Gasteiger partial charge in [0.1, 0.15) is 13.2 Å². The van der Waals surface area contributed by atoms with E-state index in [0.29, 0.717) is 19.3 Å². The summed E-state index contributed by atoms with van der Waals surface area (Å²) in [5.74, 6) is -0.862. The maximum atomic E-state index is 12.9. The summed E-state index contributed by atoms with van der Waals surface area (Å²) < 4.78 is 16.9. The normalized spacial score (nSPS) is 12.1. The third-order valence-electron chi connectivity index (χ3n) is 14.0. The molecular formula is C63H118O6. The molecule has 0 rings (SSSR count). The fourth-order valence-corrected chi connectivity index (χ4v) is 9.30. The molecule has 0 spiro atoms. The molecule has 0 radical (unpaired) electrons. The number of unbranched alkanes of at least 4 members (excludes halogenated alkanes) is 42. The van der Waals surface area contributed by atoms with Gasteiger partial charge in [-0.1, -0.05) is 295 Å². The van der Waals surface area contributed by atoms with Gasteiger partial charge in [0.2, 0.25) is 0 Å². The smallest absolute Gasteiger partial charge is 0.306 e. The lowest BCUT2D eigenvalue weighted by Gasteiger charge is -2.18. The monoisotopic (exact) mass is 971 g/mol. The molecule has 0 bridgehead atoms. The summed E-state index contributed by atoms with van der Waals surface area (Å²) in [7, 11) is 0. The average molecular weight is 972 g/mol. The average Bonchev–Trinajstić information content (AvgIpc) is 3.35. The van der Waals surface area contributed by atoms with Gasteiger partial charge >= 0.3 is 17.9 Å². The quantitative estimate of drug-likeness (QED) is 0.0261. The van der Waals surface area contributed by atoms with Crippen LogP contribution in [-0.4, -0.2) is 37.2 Å². The number of carbonyl (C=O) groups excluding carboxylic acids is 3. The van der Waals surface area contributed by atoms with E-state index in [1.54, 1.807) is 0 Å². The van der Waals surface area contributed by atoms with Crippen LogP contribution < -0.4 is 0 Å². The first-order valence-corrected chi connectivity index (χ1v) is 30.8. The van der Waals surface area contributed by atoms with Crippen LogP contribution in [0.25, 0.3) is 0 Å². The first-order valence-electron chi connectivity index (χ1n) is 30.8. The summed E-state index contributed by atoms with van der Waals surface area (Å²) in [5, 5.41) is 0. The first kappa shape index (κ1) is 66.9. The second-order valence-electron chi connectivity index (χ2n) is 21.0. The first-order chi connectivity index (χ1) is 34.0. The van der Waals surface area contributed by atoms with E-state index >= 15 is 0 Å². The van der Waals surface area contributed by atoms with Gasteiger partial charge in [-0.2, -0.15) is 0 Å². The largest absolute Gasteiger partial charge is 0.462 e. The zero-order chi connectivity index (χ0) is 50.0. The Morgan fingerprint density at radius 1 is 0.290 bits per heavy atom. The van der Waals surface area contributed by atoms with Gasteiger partial charge < -0.3 is 14.2 Å². The maximum Gasteiger partial charge on any atom is 0.306 e. The molecule has 406 valence electrons. The van der Waals surface area contributed by atoms with E-state index in [1.807, 2.05) is 0 Å². The molecule has 0 amide bonds. The molecule has 0 fully saturated rings. The third-order valence-corrected chi connectivity index (χ3v) is 14.0. The summed E-state index contributed by atoms with van der Waals surface area (Å²) in [6.45, 7) is 6.67. The van der Waals surface area contributed by atoms with Gasteiger partial charge in [0.05, 0.1) is 0 Å². The van der Waals surface area contributed by atoms with Crippen LogP contribution in [0.1, 0.15) is 342 Å². The van der Waals surface area contributed by atoms with Crippen molar-refractivity contribution in [2.75, 3.05) is 13.2 Å². The number of hydrogen-bond acceptors (Lipinski definition) is 6. The van der Waals surface area contributed by atoms with Crippen LogP contribution in [0.15, 0.2) is 24.3 Å². The highest BCUT2D eigenvalue weighted by Crippen LogP contribution is 2.18. The van der Waals surface area contributed by atoms with Crippen LogP contribution in [0.2, 0.25) is 0 Å². The molecule has 6 heteroatoms. The Kier molecular flexibility index (Phi) is 56.7. The van der Waals surface area contributed by atoms with Crippen molar-refractivity contribution in [3.63, 3.8) is 0 Å². The molecule has 0 aromatic heterocycles. The Morgan fingerprint density at radius 3 is 0.812 bits per heavy atom. The molecule has 0 heterocycles. The van der Waals surface area contributed by atoms with Crippen LogP contribution in [0.4, 0.5) is 0 Å². The predicted octanol–water partition coefficient (Wildman–Crippen LogP) is 20.7. The topological polar surface area (TPSA) is 78.9 Å². The molecule has 69 heavy (non-hydrogen) atoms. The van der Waals surface area contributed by atoms with Crippen molar-refractivity contribution in [3.8, 4) is 0 Å². The zero-order valence-corrected chi connectivity index (χ0v) is 46.6. The predicted molar refractivity (Wildman–Crippen MR) is 298 cm³/mol. The number of allylic oxidation sites excluding steroid dienone is 4. The highest BCUT2D eigenvalue weighted by Gasteiger charge is 2.19. The van der Waals surface area contributed by atoms with Crippen LogP contribution in [0, 0.1) is 0 Å². The molecule has 0 aliphatic heterocycles. The standard InChI is InChI=1S/C63H118O6/c1-4-7-10-13-16-19-22-25-27-29-30-31-32-33-34-35-37-38-41-44-47-50-53-56-62(65)68-59-60(58-67-61(64)55-52-49-46-43-40-24-21-18-15-12-9-6-3)69-63(66)57-54-51-48-45-42-39-36-28-26-23-20-17-14-11-8-5-2/h20,23,28,36,60H,4-19,21-22,24-27,29-35,37-59H2,1-3H3/b23-20-,36-28-. The van der Waals surface area contributed by atoms with E-state index in [-0.39, 0.29) is 31.1 Å². The van der Waals surface area contributed by atoms with Crippen molar-refractivity contribution in [1.29, 1.82) is 0 Å². The molecule has 0 aromatic carbocycles. The van der Waals surface area contributed by atoms with E-state index in [0.717, 1.165) is 77.0 Å². The highest BCUT2D eigenvalue weighted by atomic mass is 16.6. The minimum atomic E-state index is -0.774. The highest BCUT2D eigenvalue weighted by molar-refractivity contribution is 5.71. The molecule has 0 saturated carbocycles. The molecule has 0 aromatic rings. The van der Waals surface area contributed by atoms with Crippen LogP contribution in [0.3, 0.4) is 0 Å². The van der Waals surface area contributed by atoms with Gasteiger partial charge in [-0.25, -0.2) is 0 Å². The SMILES string of the molecule is CCCCCC/C=C\C/C=C\CCCCCCCC(=O)OC(COC(=O)CCCCCCCCCCCCCC)COC(=O)CCCCCCCCCCCCCCCCCCCCCCCCC. The second-order valence-corrected chi connectivity index (χ2v) is 21.0. The number of esters is 3. The van der Waals surface area contributed by atoms with Gasteiger partial charge in [-0.3, -0.25) is 14.4 Å². The Balaban J connectivity index is 4.24. The molecule has 1 atom stereocenters. The van der Waals surface area contributed by atoms with Crippen molar-refractivity contribution < 1.29 is 28.6 Å². The molecule has 0 N–H and O–H groups in total. The number of rotatable bonds is 57. The summed E-state index contributed by atoms with van der Waals surface area (Å²) >= 11 is 0. The van der Waals surface area contributed by atoms with E-state index < -0.39 is 6.10 Å². The van der Waals surface area contributed by atoms with Gasteiger partial charge in [-0.15, -0.1) is 0 Å². The maximum absolute atomic E-state index is 12.9. The van der Waals surface area contributed by atoms with Crippen molar-refractivity contribution >= 4 is 17.9 Å². The summed E-state index contributed by atoms with van der Waals surface area (Å²) in [6, 6.07) is 0. The van der Waals surface area contributed by atoms with Gasteiger partial charge in [0.25, 0.3) is 0 Å². The Hall–Kier alpha value is -2.11. The molecular weight excluding hydrogens is 853 g/mol. The minimum Gasteiger partial charge on any atom is -0.462 e. The summed E-state index contributed by atoms with van der Waals surface area (Å²) in [5.41, 5.74) is 0. The second kappa shape index (κ2) is 58.5. The van der Waals surface area contributed by atoms with E-state index in [9.17, 15) is 14.4 Å².